The third-order valence-corrected chi connectivity index (χ3v) is 2.59. The smallest absolute Gasteiger partial charge is 1.00 e. The molecule has 0 aliphatic carbocycles. The van der Waals surface area contributed by atoms with Gasteiger partial charge in [0.1, 0.15) is 0 Å². The molecule has 0 rings (SSSR count). The fourth-order valence-electron chi connectivity index (χ4n) is 0.191. The van der Waals surface area contributed by atoms with Crippen LogP contribution in [0.5, 0.6) is 0 Å². The third kappa shape index (κ3) is 12.8. The first kappa shape index (κ1) is 13.2. The average Bonchev–Trinajstić information content (AvgIpc) is 1.21. The van der Waals surface area contributed by atoms with Crippen LogP contribution in [0, 0.1) is 0 Å². The van der Waals surface area contributed by atoms with Crippen LogP contribution in [0.4, 0.5) is 0 Å². The van der Waals surface area contributed by atoms with Gasteiger partial charge in [0.25, 0.3) is 0 Å². The maximum absolute atomic E-state index is 9.96. The number of hydrogen-bond acceptors (Lipinski definition) is 2. The van der Waals surface area contributed by atoms with Crippen molar-refractivity contribution in [1.82, 2.24) is 0 Å². The maximum Gasteiger partial charge on any atom is 2.00 e. The molecule has 0 fully saturated rings. The molecule has 0 aromatic carbocycles. The van der Waals surface area contributed by atoms with E-state index in [2.05, 4.69) is 3.97 Å². The first-order valence-electron chi connectivity index (χ1n) is 1.96. The van der Waals surface area contributed by atoms with Gasteiger partial charge in [-0.1, -0.05) is 14.3 Å². The molecule has 0 bridgehead atoms. The van der Waals surface area contributed by atoms with E-state index in [-0.39, 0.29) is 40.6 Å². The zero-order chi connectivity index (χ0) is 6.78. The second-order valence-corrected chi connectivity index (χ2v) is 6.56. The minimum atomic E-state index is -2.40. The molecule has 3 nitrogen and oxygen atoms in total. The van der Waals surface area contributed by atoms with Crippen LogP contribution in [-0.2, 0) is 8.54 Å². The Labute approximate surface area is 90.6 Å². The van der Waals surface area contributed by atoms with E-state index in [1.54, 1.807) is 18.8 Å². The zero-order valence-corrected chi connectivity index (χ0v) is 9.75. The summed E-state index contributed by atoms with van der Waals surface area (Å²) in [6.07, 6.45) is 5.41. The Bertz CT molecular complexity index is 109. The van der Waals surface area contributed by atoms with Gasteiger partial charge in [0.15, 0.2) is 0 Å². The van der Waals surface area contributed by atoms with Crippen LogP contribution in [-0.4, -0.2) is 61.4 Å². The monoisotopic (exact) mass is 199 g/mol. The Balaban J connectivity index is -0.0000000817. The van der Waals surface area contributed by atoms with E-state index < -0.39 is 18.6 Å². The van der Waals surface area contributed by atoms with Crippen molar-refractivity contribution < 1.29 is 16.3 Å². The summed E-state index contributed by atoms with van der Waals surface area (Å²) in [4.78, 5) is 8.20. The van der Waals surface area contributed by atoms with Crippen LogP contribution in [0.15, 0.2) is 0 Å². The Morgan fingerprint density at radius 1 is 1.56 bits per heavy atom. The molecule has 0 aliphatic heterocycles. The van der Waals surface area contributed by atoms with Gasteiger partial charge in [0, 0.05) is 4.57 Å². The van der Waals surface area contributed by atoms with E-state index in [0.29, 0.717) is 0 Å². The summed E-state index contributed by atoms with van der Waals surface area (Å²) in [5.74, 6) is 0. The van der Waals surface area contributed by atoms with Crippen LogP contribution >= 0.6 is 18.6 Å². The fraction of sp³-hybridized carbons (Fsp3) is 1.00. The van der Waals surface area contributed by atoms with E-state index >= 15 is 0 Å². The summed E-state index contributed by atoms with van der Waals surface area (Å²) in [7, 11) is -3.66. The molecule has 0 radical (unpaired) electrons. The first-order valence-corrected chi connectivity index (χ1v) is 5.87. The minimum Gasteiger partial charge on any atom is -1.00 e. The van der Waals surface area contributed by atoms with Gasteiger partial charge in [-0.2, -0.15) is 0 Å². The van der Waals surface area contributed by atoms with Crippen LogP contribution in [0.1, 0.15) is 2.85 Å². The number of hydrogen-bond donors (Lipinski definition) is 1. The van der Waals surface area contributed by atoms with E-state index in [1.807, 2.05) is 0 Å². The molecule has 1 atom stereocenters. The van der Waals surface area contributed by atoms with Crippen molar-refractivity contribution in [3.8, 4) is 0 Å². The topological polar surface area (TPSA) is 46.5 Å². The van der Waals surface area contributed by atoms with Gasteiger partial charge in [-0.15, -0.1) is 4.89 Å². The van der Waals surface area contributed by atoms with Crippen molar-refractivity contribution in [2.24, 2.45) is 0 Å². The zero-order valence-electron chi connectivity index (χ0n) is 7.83. The molecule has 9 heavy (non-hydrogen) atoms. The predicted molar refractivity (Wildman–Crippen MR) is 44.3 cm³/mol. The van der Waals surface area contributed by atoms with Crippen molar-refractivity contribution in [1.29, 1.82) is 0 Å². The largest absolute Gasteiger partial charge is 2.00 e. The van der Waals surface area contributed by atoms with Gasteiger partial charge < -0.3 is 2.85 Å². The van der Waals surface area contributed by atoms with Crippen molar-refractivity contribution in [2.75, 3.05) is 18.8 Å². The molecule has 0 aromatic heterocycles. The first-order chi connectivity index (χ1) is 3.42. The average molecular weight is 199 g/mol. The summed E-state index contributed by atoms with van der Waals surface area (Å²) in [5, 5.41) is 0. The molecule has 0 aliphatic rings. The van der Waals surface area contributed by atoms with Crippen LogP contribution in [0.25, 0.3) is 0 Å². The Kier molecular flexibility index (Phi) is 7.80. The molecule has 0 spiro atoms. The van der Waals surface area contributed by atoms with Crippen molar-refractivity contribution in [3.63, 3.8) is 0 Å². The summed E-state index contributed by atoms with van der Waals surface area (Å²) >= 11 is 0. The third-order valence-electron chi connectivity index (χ3n) is 0.287. The molecule has 54 valence electrons. The van der Waals surface area contributed by atoms with Crippen molar-refractivity contribution in [3.05, 3.63) is 0 Å². The van der Waals surface area contributed by atoms with E-state index in [9.17, 15) is 4.57 Å². The summed E-state index contributed by atoms with van der Waals surface area (Å²) in [6.45, 7) is 0. The molecule has 0 heterocycles. The van der Waals surface area contributed by atoms with Crippen molar-refractivity contribution in [2.45, 2.75) is 0 Å². The number of rotatable bonds is 2. The molecule has 0 aromatic rings. The van der Waals surface area contributed by atoms with Crippen LogP contribution in [0.2, 0.25) is 0 Å². The van der Waals surface area contributed by atoms with E-state index in [4.69, 9.17) is 4.89 Å². The standard InChI is InChI=1S/C3H9O3PS.Ca.2H/c1-8(2,3)6-7(4)5;;;/h1-3H3;;;/q;+2;2*-1/p+1. The van der Waals surface area contributed by atoms with Gasteiger partial charge in [-0.25, -0.2) is 0 Å². The van der Waals surface area contributed by atoms with Gasteiger partial charge in [-0.3, -0.25) is 0 Å². The van der Waals surface area contributed by atoms with E-state index in [0.717, 1.165) is 0 Å². The molecule has 6 heteroatoms. The van der Waals surface area contributed by atoms with Gasteiger partial charge in [-0.05, 0) is 18.8 Å². The molecule has 1 N–H and O–H groups in total. The van der Waals surface area contributed by atoms with Gasteiger partial charge in [0.2, 0.25) is 0 Å². The molecule has 0 saturated heterocycles. The Morgan fingerprint density at radius 2 is 1.89 bits per heavy atom. The molecular formula is C3H12CaO3PS+. The molecule has 0 saturated carbocycles. The SMILES string of the molecule is CS(C)(C)O[P+](=O)O.[Ca+2].[H-].[H-]. The second-order valence-electron chi connectivity index (χ2n) is 2.04. The molecule has 1 unspecified atom stereocenters. The maximum atomic E-state index is 9.96. The van der Waals surface area contributed by atoms with E-state index in [1.165, 1.54) is 0 Å². The van der Waals surface area contributed by atoms with Crippen LogP contribution < -0.4 is 0 Å². The van der Waals surface area contributed by atoms with Gasteiger partial charge in [0.05, 0.1) is 0 Å². The quantitative estimate of drug-likeness (QED) is 0.535. The summed E-state index contributed by atoms with van der Waals surface area (Å²) in [6, 6.07) is 0. The van der Waals surface area contributed by atoms with Gasteiger partial charge >= 0.3 is 46.0 Å². The fourth-order valence-corrected chi connectivity index (χ4v) is 1.72. The minimum absolute atomic E-state index is 0. The predicted octanol–water partition coefficient (Wildman–Crippen LogP) is 1.11. The summed E-state index contributed by atoms with van der Waals surface area (Å²) < 4.78 is 14.5. The molecule has 0 amide bonds. The Morgan fingerprint density at radius 3 is 1.89 bits per heavy atom. The van der Waals surface area contributed by atoms with Crippen molar-refractivity contribution >= 4 is 56.3 Å². The second kappa shape index (κ2) is 5.30. The normalized spacial score (nSPS) is 14.0. The van der Waals surface area contributed by atoms with Crippen LogP contribution in [0.3, 0.4) is 0 Å². The Hall–Kier alpha value is 1.63. The summed E-state index contributed by atoms with van der Waals surface area (Å²) in [5.41, 5.74) is 0. The molecular weight excluding hydrogens is 187 g/mol.